The highest BCUT2D eigenvalue weighted by atomic mass is 16.5. The summed E-state index contributed by atoms with van der Waals surface area (Å²) in [6, 6.07) is 7.95. The third kappa shape index (κ3) is 3.88. The molecule has 0 spiro atoms. The fraction of sp³-hybridized carbons (Fsp3) is 0.267. The van der Waals surface area contributed by atoms with Gasteiger partial charge in [0.15, 0.2) is 5.75 Å². The molecule has 4 nitrogen and oxygen atoms in total. The van der Waals surface area contributed by atoms with Crippen LogP contribution in [0.25, 0.3) is 0 Å². The van der Waals surface area contributed by atoms with E-state index >= 15 is 0 Å². The molecule has 2 aromatic rings. The summed E-state index contributed by atoms with van der Waals surface area (Å²) in [7, 11) is 1.66. The van der Waals surface area contributed by atoms with Crippen LogP contribution in [0, 0.1) is 0 Å². The fourth-order valence-electron chi connectivity index (χ4n) is 1.66. The van der Waals surface area contributed by atoms with Gasteiger partial charge in [-0.2, -0.15) is 5.10 Å². The lowest BCUT2D eigenvalue weighted by molar-refractivity contribution is 0.362. The summed E-state index contributed by atoms with van der Waals surface area (Å²) in [5.74, 6) is 1.64. The minimum Gasteiger partial charge on any atom is -0.497 e. The molecular weight excluding hydrogens is 240 g/mol. The van der Waals surface area contributed by atoms with E-state index in [0.717, 1.165) is 18.0 Å². The first-order chi connectivity index (χ1) is 9.31. The third-order valence-electron chi connectivity index (χ3n) is 2.70. The van der Waals surface area contributed by atoms with Gasteiger partial charge < -0.3 is 9.47 Å². The number of aromatic nitrogens is 2. The van der Waals surface area contributed by atoms with E-state index in [1.807, 2.05) is 54.2 Å². The van der Waals surface area contributed by atoms with Crippen molar-refractivity contribution in [3.8, 4) is 11.5 Å². The summed E-state index contributed by atoms with van der Waals surface area (Å²) in [5, 5.41) is 4.27. The molecule has 0 bridgehead atoms. The SMILES string of the molecule is C/C=C/COc1cnn(Cc2ccc(OC)cc2)c1. The van der Waals surface area contributed by atoms with Crippen molar-refractivity contribution in [1.82, 2.24) is 9.78 Å². The van der Waals surface area contributed by atoms with Crippen molar-refractivity contribution in [3.63, 3.8) is 0 Å². The lowest BCUT2D eigenvalue weighted by Crippen LogP contribution is -1.99. The van der Waals surface area contributed by atoms with Crippen molar-refractivity contribution in [2.24, 2.45) is 0 Å². The van der Waals surface area contributed by atoms with Crippen molar-refractivity contribution in [2.45, 2.75) is 13.5 Å². The summed E-state index contributed by atoms with van der Waals surface area (Å²) >= 11 is 0. The standard InChI is InChI=1S/C15H18N2O2/c1-3-4-9-19-15-10-16-17(12-15)11-13-5-7-14(18-2)8-6-13/h3-8,10,12H,9,11H2,1-2H3/b4-3+. The van der Waals surface area contributed by atoms with Crippen LogP contribution < -0.4 is 9.47 Å². The number of ether oxygens (including phenoxy) is 2. The maximum atomic E-state index is 5.51. The Labute approximate surface area is 113 Å². The van der Waals surface area contributed by atoms with Gasteiger partial charge in [-0.05, 0) is 24.6 Å². The molecule has 1 aromatic heterocycles. The fourth-order valence-corrected chi connectivity index (χ4v) is 1.66. The number of rotatable bonds is 6. The molecule has 0 aliphatic heterocycles. The Morgan fingerprint density at radius 1 is 1.21 bits per heavy atom. The Kier molecular flexibility index (Phi) is 4.61. The van der Waals surface area contributed by atoms with Crippen LogP contribution in [0.3, 0.4) is 0 Å². The number of nitrogens with zero attached hydrogens (tertiary/aromatic N) is 2. The first kappa shape index (κ1) is 13.2. The average Bonchev–Trinajstić information content (AvgIpc) is 2.88. The third-order valence-corrected chi connectivity index (χ3v) is 2.70. The van der Waals surface area contributed by atoms with Gasteiger partial charge in [0, 0.05) is 0 Å². The monoisotopic (exact) mass is 258 g/mol. The Morgan fingerprint density at radius 3 is 2.68 bits per heavy atom. The van der Waals surface area contributed by atoms with Gasteiger partial charge in [0.1, 0.15) is 12.4 Å². The normalized spacial score (nSPS) is 10.8. The molecule has 0 aliphatic carbocycles. The molecule has 0 saturated heterocycles. The van der Waals surface area contributed by atoms with Crippen LogP contribution in [0.4, 0.5) is 0 Å². The molecule has 100 valence electrons. The second kappa shape index (κ2) is 6.64. The van der Waals surface area contributed by atoms with E-state index < -0.39 is 0 Å². The molecule has 0 unspecified atom stereocenters. The van der Waals surface area contributed by atoms with Gasteiger partial charge in [-0.3, -0.25) is 4.68 Å². The van der Waals surface area contributed by atoms with E-state index in [1.54, 1.807) is 13.3 Å². The highest BCUT2D eigenvalue weighted by molar-refractivity contribution is 5.27. The number of hydrogen-bond donors (Lipinski definition) is 0. The van der Waals surface area contributed by atoms with Crippen LogP contribution in [0.15, 0.2) is 48.8 Å². The largest absolute Gasteiger partial charge is 0.497 e. The average molecular weight is 258 g/mol. The zero-order valence-corrected chi connectivity index (χ0v) is 11.2. The number of benzene rings is 1. The smallest absolute Gasteiger partial charge is 0.157 e. The van der Waals surface area contributed by atoms with Crippen molar-refractivity contribution < 1.29 is 9.47 Å². The molecule has 1 heterocycles. The summed E-state index contributed by atoms with van der Waals surface area (Å²) < 4.78 is 12.5. The van der Waals surface area contributed by atoms with Gasteiger partial charge in [0.05, 0.1) is 26.0 Å². The van der Waals surface area contributed by atoms with Crippen molar-refractivity contribution >= 4 is 0 Å². The summed E-state index contributed by atoms with van der Waals surface area (Å²) in [5.41, 5.74) is 1.17. The Balaban J connectivity index is 1.94. The van der Waals surface area contributed by atoms with Crippen molar-refractivity contribution in [1.29, 1.82) is 0 Å². The van der Waals surface area contributed by atoms with Crippen molar-refractivity contribution in [3.05, 3.63) is 54.4 Å². The van der Waals surface area contributed by atoms with Crippen LogP contribution in [0.5, 0.6) is 11.5 Å². The Hall–Kier alpha value is -2.23. The predicted octanol–water partition coefficient (Wildman–Crippen LogP) is 2.89. The number of hydrogen-bond acceptors (Lipinski definition) is 3. The molecule has 0 radical (unpaired) electrons. The molecule has 19 heavy (non-hydrogen) atoms. The second-order valence-electron chi connectivity index (χ2n) is 4.10. The van der Waals surface area contributed by atoms with Gasteiger partial charge in [-0.15, -0.1) is 0 Å². The van der Waals surface area contributed by atoms with E-state index in [0.29, 0.717) is 6.61 Å². The van der Waals surface area contributed by atoms with Gasteiger partial charge in [0.25, 0.3) is 0 Å². The molecule has 0 N–H and O–H groups in total. The number of methoxy groups -OCH3 is 1. The van der Waals surface area contributed by atoms with E-state index in [4.69, 9.17) is 9.47 Å². The molecule has 4 heteroatoms. The van der Waals surface area contributed by atoms with E-state index in [2.05, 4.69) is 5.10 Å². The molecule has 1 aromatic carbocycles. The zero-order chi connectivity index (χ0) is 13.5. The molecule has 2 rings (SSSR count). The van der Waals surface area contributed by atoms with Crippen LogP contribution in [0.1, 0.15) is 12.5 Å². The molecular formula is C15H18N2O2. The summed E-state index contributed by atoms with van der Waals surface area (Å²) in [4.78, 5) is 0. The lowest BCUT2D eigenvalue weighted by Gasteiger charge is -2.03. The first-order valence-electron chi connectivity index (χ1n) is 6.21. The van der Waals surface area contributed by atoms with Crippen molar-refractivity contribution in [2.75, 3.05) is 13.7 Å². The summed E-state index contributed by atoms with van der Waals surface area (Å²) in [6.07, 6.45) is 7.54. The molecule has 0 fully saturated rings. The lowest BCUT2D eigenvalue weighted by atomic mass is 10.2. The second-order valence-corrected chi connectivity index (χ2v) is 4.10. The van der Waals surface area contributed by atoms with Crippen LogP contribution in [-0.2, 0) is 6.54 Å². The Morgan fingerprint density at radius 2 is 2.00 bits per heavy atom. The predicted molar refractivity (Wildman–Crippen MR) is 74.6 cm³/mol. The topological polar surface area (TPSA) is 36.3 Å². The van der Waals surface area contributed by atoms with Crippen LogP contribution in [0.2, 0.25) is 0 Å². The zero-order valence-electron chi connectivity index (χ0n) is 11.2. The van der Waals surface area contributed by atoms with Gasteiger partial charge in [-0.1, -0.05) is 24.3 Å². The van der Waals surface area contributed by atoms with E-state index in [-0.39, 0.29) is 0 Å². The maximum Gasteiger partial charge on any atom is 0.157 e. The van der Waals surface area contributed by atoms with Crippen LogP contribution >= 0.6 is 0 Å². The van der Waals surface area contributed by atoms with Gasteiger partial charge in [-0.25, -0.2) is 0 Å². The van der Waals surface area contributed by atoms with E-state index in [9.17, 15) is 0 Å². The summed E-state index contributed by atoms with van der Waals surface area (Å²) in [6.45, 7) is 3.26. The van der Waals surface area contributed by atoms with Gasteiger partial charge >= 0.3 is 0 Å². The van der Waals surface area contributed by atoms with Gasteiger partial charge in [0.2, 0.25) is 0 Å². The first-order valence-corrected chi connectivity index (χ1v) is 6.21. The van der Waals surface area contributed by atoms with Crippen LogP contribution in [-0.4, -0.2) is 23.5 Å². The molecule has 0 amide bonds. The Bertz CT molecular complexity index is 529. The highest BCUT2D eigenvalue weighted by Crippen LogP contribution is 2.14. The van der Waals surface area contributed by atoms with E-state index in [1.165, 1.54) is 5.56 Å². The minimum absolute atomic E-state index is 0.574. The number of allylic oxidation sites excluding steroid dienone is 1. The quantitative estimate of drug-likeness (QED) is 0.747. The highest BCUT2D eigenvalue weighted by Gasteiger charge is 2.00. The molecule has 0 saturated carbocycles. The molecule has 0 atom stereocenters. The maximum absolute atomic E-state index is 5.51. The minimum atomic E-state index is 0.574. The molecule has 0 aliphatic rings.